The summed E-state index contributed by atoms with van der Waals surface area (Å²) >= 11 is 0. The first-order valence-corrected chi connectivity index (χ1v) is 6.35. The zero-order chi connectivity index (χ0) is 14.0. The van der Waals surface area contributed by atoms with Crippen molar-refractivity contribution < 1.29 is 9.18 Å². The van der Waals surface area contributed by atoms with Crippen molar-refractivity contribution in [2.75, 3.05) is 6.54 Å². The van der Waals surface area contributed by atoms with Crippen LogP contribution < -0.4 is 11.2 Å². The number of likely N-dealkylation sites (tertiary alicyclic amines) is 1. The van der Waals surface area contributed by atoms with Crippen LogP contribution >= 0.6 is 0 Å². The maximum Gasteiger partial charge on any atom is 0.330 e. The summed E-state index contributed by atoms with van der Waals surface area (Å²) in [4.78, 5) is 38.9. The number of carbonyl (C=O) groups is 1. The second-order valence-electron chi connectivity index (χ2n) is 4.58. The van der Waals surface area contributed by atoms with Crippen molar-refractivity contribution in [2.45, 2.75) is 38.8 Å². The van der Waals surface area contributed by atoms with Crippen molar-refractivity contribution in [3.8, 4) is 0 Å². The van der Waals surface area contributed by atoms with Gasteiger partial charge in [-0.15, -0.1) is 0 Å². The maximum atomic E-state index is 13.3. The molecule has 1 N–H and O–H groups in total. The molecule has 0 saturated carbocycles. The molecule has 1 atom stereocenters. The number of halogens is 1. The summed E-state index contributed by atoms with van der Waals surface area (Å²) in [6.45, 7) is 2.46. The zero-order valence-corrected chi connectivity index (χ0v) is 10.7. The molecule has 0 aliphatic carbocycles. The molecule has 6 nitrogen and oxygen atoms in total. The molecule has 1 aromatic heterocycles. The molecule has 1 unspecified atom stereocenters. The molecule has 1 aliphatic rings. The number of nitrogens with zero attached hydrogens (tertiary/aromatic N) is 2. The Labute approximate surface area is 108 Å². The van der Waals surface area contributed by atoms with E-state index in [9.17, 15) is 18.8 Å². The molecule has 1 amide bonds. The second-order valence-corrected chi connectivity index (χ2v) is 4.58. The van der Waals surface area contributed by atoms with E-state index in [0.29, 0.717) is 13.0 Å². The Hall–Kier alpha value is -1.92. The first-order valence-electron chi connectivity index (χ1n) is 6.35. The highest BCUT2D eigenvalue weighted by Crippen LogP contribution is 2.26. The Morgan fingerprint density at radius 3 is 2.84 bits per heavy atom. The van der Waals surface area contributed by atoms with Crippen LogP contribution in [0.3, 0.4) is 0 Å². The molecular weight excluding hydrogens is 253 g/mol. The van der Waals surface area contributed by atoms with Crippen LogP contribution in [-0.4, -0.2) is 26.9 Å². The first kappa shape index (κ1) is 13.5. The van der Waals surface area contributed by atoms with Crippen LogP contribution in [0.2, 0.25) is 0 Å². The molecular formula is C12H16FN3O3. The number of rotatable bonds is 4. The van der Waals surface area contributed by atoms with Crippen LogP contribution in [0.1, 0.15) is 38.8 Å². The second kappa shape index (κ2) is 5.38. The summed E-state index contributed by atoms with van der Waals surface area (Å²) in [6, 6.07) is 0. The van der Waals surface area contributed by atoms with Crippen LogP contribution in [0.5, 0.6) is 0 Å². The van der Waals surface area contributed by atoms with Crippen LogP contribution in [-0.2, 0) is 4.79 Å². The van der Waals surface area contributed by atoms with E-state index in [1.54, 1.807) is 0 Å². The van der Waals surface area contributed by atoms with E-state index in [1.807, 2.05) is 6.92 Å². The van der Waals surface area contributed by atoms with E-state index in [1.165, 1.54) is 4.90 Å². The van der Waals surface area contributed by atoms with Gasteiger partial charge in [0.25, 0.3) is 5.56 Å². The Kier molecular flexibility index (Phi) is 3.82. The van der Waals surface area contributed by atoms with Gasteiger partial charge in [-0.25, -0.2) is 9.36 Å². The van der Waals surface area contributed by atoms with Crippen molar-refractivity contribution in [3.63, 3.8) is 0 Å². The lowest BCUT2D eigenvalue weighted by Crippen LogP contribution is -2.45. The van der Waals surface area contributed by atoms with E-state index in [0.717, 1.165) is 23.6 Å². The largest absolute Gasteiger partial charge is 0.330 e. The summed E-state index contributed by atoms with van der Waals surface area (Å²) in [5.74, 6) is -1.12. The highest BCUT2D eigenvalue weighted by molar-refractivity contribution is 5.78. The summed E-state index contributed by atoms with van der Waals surface area (Å²) in [6.07, 6.45) is 2.38. The fraction of sp³-hybridized carbons (Fsp3) is 0.583. The summed E-state index contributed by atoms with van der Waals surface area (Å²) < 4.78 is 14.1. The maximum absolute atomic E-state index is 13.3. The topological polar surface area (TPSA) is 75.2 Å². The molecule has 0 radical (unpaired) electrons. The van der Waals surface area contributed by atoms with Crippen LogP contribution in [0.4, 0.5) is 4.39 Å². The predicted molar refractivity (Wildman–Crippen MR) is 66.2 cm³/mol. The third-order valence-electron chi connectivity index (χ3n) is 3.31. The normalized spacial score (nSPS) is 19.2. The standard InChI is InChI=1S/C12H16FN3O3/c1-2-3-6-15-9(4-5-10(15)17)16-11(18)8(13)7-14-12(16)19/h7,9H,2-6H2,1H3,(H,14,19). The average molecular weight is 269 g/mol. The van der Waals surface area contributed by atoms with Gasteiger partial charge in [0.15, 0.2) is 0 Å². The number of aromatic amines is 1. The fourth-order valence-corrected chi connectivity index (χ4v) is 2.32. The zero-order valence-electron chi connectivity index (χ0n) is 10.7. The van der Waals surface area contributed by atoms with Gasteiger partial charge < -0.3 is 9.88 Å². The number of unbranched alkanes of at least 4 members (excludes halogenated alkanes) is 1. The van der Waals surface area contributed by atoms with Gasteiger partial charge >= 0.3 is 5.69 Å². The van der Waals surface area contributed by atoms with Gasteiger partial charge in [-0.3, -0.25) is 9.59 Å². The number of nitrogens with one attached hydrogen (secondary N) is 1. The first-order chi connectivity index (χ1) is 9.06. The van der Waals surface area contributed by atoms with Gasteiger partial charge in [0.05, 0.1) is 0 Å². The minimum atomic E-state index is -1.02. The van der Waals surface area contributed by atoms with Gasteiger partial charge in [-0.05, 0) is 12.8 Å². The Bertz CT molecular complexity index is 593. The predicted octanol–water partition coefficient (Wildman–Crippen LogP) is 0.597. The number of amides is 1. The van der Waals surface area contributed by atoms with E-state index in [-0.39, 0.29) is 12.3 Å². The molecule has 1 aromatic rings. The molecule has 7 heteroatoms. The lowest BCUT2D eigenvalue weighted by atomic mass is 10.3. The van der Waals surface area contributed by atoms with Crippen molar-refractivity contribution in [1.29, 1.82) is 0 Å². The number of hydrogen-bond acceptors (Lipinski definition) is 3. The van der Waals surface area contributed by atoms with E-state index in [2.05, 4.69) is 4.98 Å². The monoisotopic (exact) mass is 269 g/mol. The molecule has 0 aromatic carbocycles. The number of hydrogen-bond donors (Lipinski definition) is 1. The molecule has 1 aliphatic heterocycles. The molecule has 0 bridgehead atoms. The smallest absolute Gasteiger partial charge is 0.322 e. The molecule has 1 saturated heterocycles. The van der Waals surface area contributed by atoms with Crippen molar-refractivity contribution in [2.24, 2.45) is 0 Å². The van der Waals surface area contributed by atoms with Crippen molar-refractivity contribution >= 4 is 5.91 Å². The van der Waals surface area contributed by atoms with Gasteiger partial charge in [-0.1, -0.05) is 13.3 Å². The number of aromatic nitrogens is 2. The highest BCUT2D eigenvalue weighted by Gasteiger charge is 2.33. The van der Waals surface area contributed by atoms with Crippen LogP contribution in [0.25, 0.3) is 0 Å². The molecule has 19 heavy (non-hydrogen) atoms. The van der Waals surface area contributed by atoms with Crippen molar-refractivity contribution in [1.82, 2.24) is 14.5 Å². The minimum Gasteiger partial charge on any atom is -0.322 e. The van der Waals surface area contributed by atoms with E-state index >= 15 is 0 Å². The minimum absolute atomic E-state index is 0.103. The molecule has 2 heterocycles. The Morgan fingerprint density at radius 2 is 2.16 bits per heavy atom. The third kappa shape index (κ3) is 2.45. The Morgan fingerprint density at radius 1 is 1.42 bits per heavy atom. The van der Waals surface area contributed by atoms with E-state index in [4.69, 9.17) is 0 Å². The lowest BCUT2D eigenvalue weighted by Gasteiger charge is -2.25. The van der Waals surface area contributed by atoms with Gasteiger partial charge in [0, 0.05) is 19.2 Å². The van der Waals surface area contributed by atoms with Gasteiger partial charge in [0.1, 0.15) is 6.17 Å². The van der Waals surface area contributed by atoms with Crippen molar-refractivity contribution in [3.05, 3.63) is 32.9 Å². The van der Waals surface area contributed by atoms with Gasteiger partial charge in [0.2, 0.25) is 11.7 Å². The number of carbonyl (C=O) groups excluding carboxylic acids is 1. The highest BCUT2D eigenvalue weighted by atomic mass is 19.1. The summed E-state index contributed by atoms with van der Waals surface area (Å²) in [5, 5.41) is 0. The number of H-pyrrole nitrogens is 1. The average Bonchev–Trinajstić information content (AvgIpc) is 2.74. The SMILES string of the molecule is CCCCN1C(=O)CCC1n1c(=O)[nH]cc(F)c1=O. The molecule has 1 fully saturated rings. The van der Waals surface area contributed by atoms with E-state index < -0.39 is 23.2 Å². The molecule has 104 valence electrons. The summed E-state index contributed by atoms with van der Waals surface area (Å²) in [7, 11) is 0. The lowest BCUT2D eigenvalue weighted by molar-refractivity contribution is -0.130. The molecule has 2 rings (SSSR count). The fourth-order valence-electron chi connectivity index (χ4n) is 2.32. The quantitative estimate of drug-likeness (QED) is 0.869. The van der Waals surface area contributed by atoms with Gasteiger partial charge in [-0.2, -0.15) is 4.39 Å². The van der Waals surface area contributed by atoms with Crippen LogP contribution in [0, 0.1) is 5.82 Å². The Balaban J connectivity index is 2.41. The van der Waals surface area contributed by atoms with Crippen LogP contribution in [0.15, 0.2) is 15.8 Å². The summed E-state index contributed by atoms with van der Waals surface area (Å²) in [5.41, 5.74) is -1.67. The molecule has 0 spiro atoms. The third-order valence-corrected chi connectivity index (χ3v) is 3.31.